The Hall–Kier alpha value is -1.55. The molecule has 0 aromatic heterocycles. The van der Waals surface area contributed by atoms with Gasteiger partial charge >= 0.3 is 0 Å². The average molecular weight is 290 g/mol. The molecule has 0 aliphatic heterocycles. The van der Waals surface area contributed by atoms with Gasteiger partial charge in [0.05, 0.1) is 13.7 Å². The van der Waals surface area contributed by atoms with Crippen LogP contribution in [0, 0.1) is 16.7 Å². The summed E-state index contributed by atoms with van der Waals surface area (Å²) in [5.41, 5.74) is 1.46. The number of methoxy groups -OCH3 is 1. The average Bonchev–Trinajstić information content (AvgIpc) is 2.81. The third-order valence-corrected chi connectivity index (χ3v) is 5.31. The first-order valence-corrected chi connectivity index (χ1v) is 7.43. The number of carbonyl (C=O) groups excluding carboxylic acids is 1. The Morgan fingerprint density at radius 3 is 2.48 bits per heavy atom. The predicted molar refractivity (Wildman–Crippen MR) is 85.5 cm³/mol. The maximum absolute atomic E-state index is 11.9. The molecule has 0 atom stereocenters. The van der Waals surface area contributed by atoms with Gasteiger partial charge in [-0.05, 0) is 35.4 Å². The Labute approximate surface area is 127 Å². The molecule has 0 spiro atoms. The molecule has 0 radical (unpaired) electrons. The zero-order valence-electron chi connectivity index (χ0n) is 13.6. The lowest BCUT2D eigenvalue weighted by Gasteiger charge is -2.08. The highest BCUT2D eigenvalue weighted by Gasteiger charge is 2.63. The van der Waals surface area contributed by atoms with Crippen LogP contribution in [0.1, 0.15) is 27.7 Å². The van der Waals surface area contributed by atoms with E-state index in [0.717, 1.165) is 18.0 Å². The number of rotatable bonds is 6. The van der Waals surface area contributed by atoms with Gasteiger partial charge in [-0.2, -0.15) is 0 Å². The Morgan fingerprint density at radius 1 is 1.24 bits per heavy atom. The molecule has 4 heteroatoms. The second-order valence-corrected chi connectivity index (χ2v) is 6.91. The highest BCUT2D eigenvalue weighted by molar-refractivity contribution is 5.92. The number of benzene rings is 1. The van der Waals surface area contributed by atoms with E-state index >= 15 is 0 Å². The molecule has 1 fully saturated rings. The largest absolute Gasteiger partial charge is 0.497 e. The van der Waals surface area contributed by atoms with Crippen molar-refractivity contribution in [3.05, 3.63) is 24.3 Å². The molecule has 116 valence electrons. The summed E-state index contributed by atoms with van der Waals surface area (Å²) in [7, 11) is 1.61. The van der Waals surface area contributed by atoms with Gasteiger partial charge in [-0.3, -0.25) is 4.79 Å². The van der Waals surface area contributed by atoms with Gasteiger partial charge in [-0.1, -0.05) is 33.8 Å². The van der Waals surface area contributed by atoms with E-state index in [1.165, 1.54) is 0 Å². The van der Waals surface area contributed by atoms with Crippen molar-refractivity contribution in [1.29, 1.82) is 0 Å². The van der Waals surface area contributed by atoms with Gasteiger partial charge in [-0.25, -0.2) is 0 Å². The van der Waals surface area contributed by atoms with Gasteiger partial charge in [0.2, 0.25) is 5.91 Å². The van der Waals surface area contributed by atoms with E-state index in [-0.39, 0.29) is 5.91 Å². The third kappa shape index (κ3) is 3.21. The molecule has 2 rings (SSSR count). The topological polar surface area (TPSA) is 50.4 Å². The molecule has 0 saturated heterocycles. The minimum atomic E-state index is -0.0282. The lowest BCUT2D eigenvalue weighted by Crippen LogP contribution is -2.30. The highest BCUT2D eigenvalue weighted by Crippen LogP contribution is 2.67. The molecule has 0 heterocycles. The molecule has 4 nitrogen and oxygen atoms in total. The van der Waals surface area contributed by atoms with Crippen molar-refractivity contribution in [3.63, 3.8) is 0 Å². The minimum Gasteiger partial charge on any atom is -0.497 e. The monoisotopic (exact) mass is 290 g/mol. The summed E-state index contributed by atoms with van der Waals surface area (Å²) < 4.78 is 5.14. The second kappa shape index (κ2) is 5.68. The van der Waals surface area contributed by atoms with Crippen molar-refractivity contribution in [2.24, 2.45) is 16.7 Å². The fraction of sp³-hybridized carbons (Fsp3) is 0.588. The molecule has 1 aliphatic rings. The maximum Gasteiger partial charge on any atom is 0.238 e. The van der Waals surface area contributed by atoms with E-state index in [9.17, 15) is 4.79 Å². The SMILES string of the molecule is COc1cccc(NC(=O)CNCC2C(C)(C)C2(C)C)c1. The van der Waals surface area contributed by atoms with Crippen LogP contribution in [0.2, 0.25) is 0 Å². The summed E-state index contributed by atoms with van der Waals surface area (Å²) in [6, 6.07) is 7.38. The molecule has 1 aliphatic carbocycles. The highest BCUT2D eigenvalue weighted by atomic mass is 16.5. The van der Waals surface area contributed by atoms with Crippen molar-refractivity contribution < 1.29 is 9.53 Å². The van der Waals surface area contributed by atoms with E-state index in [1.54, 1.807) is 7.11 Å². The summed E-state index contributed by atoms with van der Waals surface area (Å²) >= 11 is 0. The van der Waals surface area contributed by atoms with Crippen LogP contribution in [0.4, 0.5) is 5.69 Å². The number of carbonyl (C=O) groups is 1. The van der Waals surface area contributed by atoms with E-state index < -0.39 is 0 Å². The van der Waals surface area contributed by atoms with Crippen molar-refractivity contribution in [3.8, 4) is 5.75 Å². The van der Waals surface area contributed by atoms with Crippen LogP contribution in [0.25, 0.3) is 0 Å². The summed E-state index contributed by atoms with van der Waals surface area (Å²) in [5, 5.41) is 6.13. The van der Waals surface area contributed by atoms with Crippen LogP contribution in [-0.4, -0.2) is 26.1 Å². The number of hydrogen-bond acceptors (Lipinski definition) is 3. The predicted octanol–water partition coefficient (Wildman–Crippen LogP) is 2.91. The van der Waals surface area contributed by atoms with Crippen molar-refractivity contribution >= 4 is 11.6 Å². The standard InChI is InChI=1S/C17H26N2O2/c1-16(2)14(17(16,3)4)10-18-11-15(20)19-12-7-6-8-13(9-12)21-5/h6-9,14,18H,10-11H2,1-5H3,(H,19,20). The Morgan fingerprint density at radius 2 is 1.90 bits per heavy atom. The van der Waals surface area contributed by atoms with Crippen LogP contribution >= 0.6 is 0 Å². The first-order chi connectivity index (χ1) is 9.79. The molecule has 1 aromatic carbocycles. The Kier molecular flexibility index (Phi) is 4.28. The zero-order chi connectivity index (χ0) is 15.7. The fourth-order valence-electron chi connectivity index (χ4n) is 3.08. The number of nitrogens with one attached hydrogen (secondary N) is 2. The second-order valence-electron chi connectivity index (χ2n) is 6.91. The van der Waals surface area contributed by atoms with Gasteiger partial charge in [0.15, 0.2) is 0 Å². The molecule has 0 bridgehead atoms. The number of amides is 1. The molecule has 1 aromatic rings. The number of hydrogen-bond donors (Lipinski definition) is 2. The van der Waals surface area contributed by atoms with E-state index in [0.29, 0.717) is 23.3 Å². The van der Waals surface area contributed by atoms with Crippen LogP contribution in [0.3, 0.4) is 0 Å². The number of ether oxygens (including phenoxy) is 1. The third-order valence-electron chi connectivity index (χ3n) is 5.31. The quantitative estimate of drug-likeness (QED) is 0.847. The summed E-state index contributed by atoms with van der Waals surface area (Å²) in [5.74, 6) is 1.33. The van der Waals surface area contributed by atoms with Gasteiger partial charge in [-0.15, -0.1) is 0 Å². The van der Waals surface area contributed by atoms with E-state index in [1.807, 2.05) is 24.3 Å². The van der Waals surface area contributed by atoms with Crippen LogP contribution in [0.5, 0.6) is 5.75 Å². The first kappa shape index (κ1) is 15.8. The Bertz CT molecular complexity index is 509. The molecule has 0 unspecified atom stereocenters. The molecule has 1 amide bonds. The normalized spacial score (nSPS) is 19.1. The minimum absolute atomic E-state index is 0.0282. The summed E-state index contributed by atoms with van der Waals surface area (Å²) in [6.07, 6.45) is 0. The lowest BCUT2D eigenvalue weighted by molar-refractivity contribution is -0.115. The van der Waals surface area contributed by atoms with E-state index in [4.69, 9.17) is 4.74 Å². The molecule has 1 saturated carbocycles. The first-order valence-electron chi connectivity index (χ1n) is 7.43. The fourth-order valence-corrected chi connectivity index (χ4v) is 3.08. The Balaban J connectivity index is 1.76. The van der Waals surface area contributed by atoms with Crippen LogP contribution < -0.4 is 15.4 Å². The summed E-state index contributed by atoms with van der Waals surface area (Å²) in [4.78, 5) is 11.9. The smallest absolute Gasteiger partial charge is 0.238 e. The van der Waals surface area contributed by atoms with Crippen molar-refractivity contribution in [2.75, 3.05) is 25.5 Å². The van der Waals surface area contributed by atoms with Gasteiger partial charge in [0.1, 0.15) is 5.75 Å². The lowest BCUT2D eigenvalue weighted by atomic mass is 10.0. The van der Waals surface area contributed by atoms with Gasteiger partial charge in [0.25, 0.3) is 0 Å². The number of anilines is 1. The molecular formula is C17H26N2O2. The maximum atomic E-state index is 11.9. The molecular weight excluding hydrogens is 264 g/mol. The zero-order valence-corrected chi connectivity index (χ0v) is 13.6. The van der Waals surface area contributed by atoms with Crippen molar-refractivity contribution in [2.45, 2.75) is 27.7 Å². The van der Waals surface area contributed by atoms with Crippen LogP contribution in [-0.2, 0) is 4.79 Å². The van der Waals surface area contributed by atoms with Gasteiger partial charge < -0.3 is 15.4 Å². The van der Waals surface area contributed by atoms with Crippen LogP contribution in [0.15, 0.2) is 24.3 Å². The summed E-state index contributed by atoms with van der Waals surface area (Å²) in [6.45, 7) is 10.4. The van der Waals surface area contributed by atoms with Gasteiger partial charge in [0, 0.05) is 11.8 Å². The molecule has 2 N–H and O–H groups in total. The molecule has 21 heavy (non-hydrogen) atoms. The van der Waals surface area contributed by atoms with E-state index in [2.05, 4.69) is 38.3 Å². The van der Waals surface area contributed by atoms with Crippen molar-refractivity contribution in [1.82, 2.24) is 5.32 Å².